The van der Waals surface area contributed by atoms with Gasteiger partial charge in [0.15, 0.2) is 0 Å². The molecule has 0 aliphatic carbocycles. The Bertz CT molecular complexity index is 880. The van der Waals surface area contributed by atoms with Crippen LogP contribution in [0.1, 0.15) is 11.4 Å². The Kier molecular flexibility index (Phi) is 6.48. The van der Waals surface area contributed by atoms with E-state index in [1.165, 1.54) is 12.4 Å². The van der Waals surface area contributed by atoms with Crippen LogP contribution in [0.4, 0.5) is 0 Å². The highest BCUT2D eigenvalue weighted by Gasteiger charge is 2.27. The summed E-state index contributed by atoms with van der Waals surface area (Å²) in [5, 5.41) is 9.89. The first-order chi connectivity index (χ1) is 12.9. The van der Waals surface area contributed by atoms with Gasteiger partial charge in [-0.25, -0.2) is 0 Å². The van der Waals surface area contributed by atoms with E-state index in [1.807, 2.05) is 0 Å². The van der Waals surface area contributed by atoms with Gasteiger partial charge in [-0.2, -0.15) is 0 Å². The normalized spacial score (nSPS) is 12.4. The van der Waals surface area contributed by atoms with Crippen molar-refractivity contribution in [2.75, 3.05) is 0 Å². The molecule has 9 nitrogen and oxygen atoms in total. The van der Waals surface area contributed by atoms with Crippen molar-refractivity contribution in [1.82, 2.24) is 15.3 Å². The second kappa shape index (κ2) is 8.99. The molecule has 27 heavy (non-hydrogen) atoms. The lowest BCUT2D eigenvalue weighted by Gasteiger charge is -2.17. The minimum Gasteiger partial charge on any atom is -0.396 e. The monoisotopic (exact) mass is 366 g/mol. The van der Waals surface area contributed by atoms with Gasteiger partial charge in [0.2, 0.25) is 5.78 Å². The second-order valence-corrected chi connectivity index (χ2v) is 5.47. The Hall–Kier alpha value is -3.88. The van der Waals surface area contributed by atoms with E-state index in [4.69, 9.17) is 16.9 Å². The number of Topliss-reactive ketones (excluding diaryl/α,β-unsaturated/α-hetero) is 1. The molecule has 2 amide bonds. The SMILES string of the molecule is N=C/C(C(=O)NC(Cc1ccccn1)C(=O)C(N)=O)=C(\N)c1ccccn1. The summed E-state index contributed by atoms with van der Waals surface area (Å²) in [4.78, 5) is 44.1. The van der Waals surface area contributed by atoms with Gasteiger partial charge in [0.25, 0.3) is 11.8 Å². The average molecular weight is 366 g/mol. The third-order valence-corrected chi connectivity index (χ3v) is 3.62. The molecule has 0 aliphatic heterocycles. The zero-order chi connectivity index (χ0) is 19.8. The number of rotatable bonds is 8. The topological polar surface area (TPSA) is 165 Å². The smallest absolute Gasteiger partial charge is 0.287 e. The lowest BCUT2D eigenvalue weighted by molar-refractivity contribution is -0.138. The van der Waals surface area contributed by atoms with E-state index in [0.29, 0.717) is 11.4 Å². The second-order valence-electron chi connectivity index (χ2n) is 5.47. The predicted molar refractivity (Wildman–Crippen MR) is 98.2 cm³/mol. The molecular formula is C18H18N6O3. The molecule has 138 valence electrons. The number of primary amides is 1. The first-order valence-corrected chi connectivity index (χ1v) is 7.90. The van der Waals surface area contributed by atoms with E-state index in [9.17, 15) is 14.4 Å². The zero-order valence-corrected chi connectivity index (χ0v) is 14.3. The molecule has 0 saturated carbocycles. The highest BCUT2D eigenvalue weighted by molar-refractivity contribution is 6.38. The summed E-state index contributed by atoms with van der Waals surface area (Å²) < 4.78 is 0. The molecule has 0 aromatic carbocycles. The lowest BCUT2D eigenvalue weighted by atomic mass is 10.0. The van der Waals surface area contributed by atoms with Crippen molar-refractivity contribution in [1.29, 1.82) is 5.41 Å². The highest BCUT2D eigenvalue weighted by Crippen LogP contribution is 2.10. The van der Waals surface area contributed by atoms with E-state index in [2.05, 4.69) is 15.3 Å². The Balaban J connectivity index is 2.29. The number of ketones is 1. The van der Waals surface area contributed by atoms with Crippen LogP contribution in [0, 0.1) is 5.41 Å². The fourth-order valence-electron chi connectivity index (χ4n) is 2.27. The summed E-state index contributed by atoms with van der Waals surface area (Å²) in [6.45, 7) is 0. The van der Waals surface area contributed by atoms with Crippen molar-refractivity contribution >= 4 is 29.5 Å². The van der Waals surface area contributed by atoms with Crippen LogP contribution in [0.2, 0.25) is 0 Å². The van der Waals surface area contributed by atoms with Gasteiger partial charge in [0, 0.05) is 30.7 Å². The van der Waals surface area contributed by atoms with Crippen LogP contribution < -0.4 is 16.8 Å². The number of nitrogens with zero attached hydrogens (tertiary/aromatic N) is 2. The molecule has 2 rings (SSSR count). The maximum absolute atomic E-state index is 12.6. The Morgan fingerprint density at radius 3 is 2.26 bits per heavy atom. The molecule has 0 saturated heterocycles. The van der Waals surface area contributed by atoms with E-state index in [0.717, 1.165) is 6.21 Å². The van der Waals surface area contributed by atoms with Gasteiger partial charge >= 0.3 is 0 Å². The summed E-state index contributed by atoms with van der Waals surface area (Å²) >= 11 is 0. The highest BCUT2D eigenvalue weighted by atomic mass is 16.2. The number of amides is 2. The molecule has 0 fully saturated rings. The van der Waals surface area contributed by atoms with Gasteiger partial charge in [-0.05, 0) is 24.3 Å². The number of hydrogen-bond acceptors (Lipinski definition) is 7. The van der Waals surface area contributed by atoms with E-state index in [1.54, 1.807) is 36.4 Å². The number of hydrogen-bond donors (Lipinski definition) is 4. The molecule has 2 aromatic heterocycles. The standard InChI is InChI=1S/C18H18N6O3/c19-10-12(15(20)13-6-2-4-8-23-13)18(27)24-14(16(25)17(21)26)9-11-5-1-3-7-22-11/h1-8,10,14,19H,9,20H2,(H2,21,26)(H,24,27)/b15-12+,19-10?. The predicted octanol–water partition coefficient (Wildman–Crippen LogP) is -0.422. The van der Waals surface area contributed by atoms with Crippen LogP contribution in [0.3, 0.4) is 0 Å². The van der Waals surface area contributed by atoms with E-state index >= 15 is 0 Å². The summed E-state index contributed by atoms with van der Waals surface area (Å²) in [6, 6.07) is 8.73. The molecule has 1 unspecified atom stereocenters. The number of aromatic nitrogens is 2. The summed E-state index contributed by atoms with van der Waals surface area (Å²) in [5.41, 5.74) is 11.6. The van der Waals surface area contributed by atoms with Crippen molar-refractivity contribution in [3.05, 3.63) is 65.8 Å². The van der Waals surface area contributed by atoms with Crippen molar-refractivity contribution in [2.45, 2.75) is 12.5 Å². The Labute approximate surface area is 155 Å². The molecule has 0 aliphatic rings. The minimum atomic E-state index is -1.24. The van der Waals surface area contributed by atoms with E-state index < -0.39 is 23.6 Å². The third-order valence-electron chi connectivity index (χ3n) is 3.62. The average Bonchev–Trinajstić information content (AvgIpc) is 2.68. The number of pyridine rings is 2. The molecule has 0 bridgehead atoms. The Morgan fingerprint density at radius 2 is 1.74 bits per heavy atom. The summed E-state index contributed by atoms with van der Waals surface area (Å²) in [7, 11) is 0. The number of nitrogens with one attached hydrogen (secondary N) is 2. The molecule has 2 aromatic rings. The molecular weight excluding hydrogens is 348 g/mol. The maximum atomic E-state index is 12.6. The Morgan fingerprint density at radius 1 is 1.07 bits per heavy atom. The molecule has 2 heterocycles. The zero-order valence-electron chi connectivity index (χ0n) is 14.3. The molecule has 6 N–H and O–H groups in total. The molecule has 0 radical (unpaired) electrons. The van der Waals surface area contributed by atoms with Gasteiger partial charge < -0.3 is 22.2 Å². The van der Waals surface area contributed by atoms with Gasteiger partial charge in [-0.1, -0.05) is 12.1 Å². The largest absolute Gasteiger partial charge is 0.396 e. The van der Waals surface area contributed by atoms with Crippen LogP contribution >= 0.6 is 0 Å². The van der Waals surface area contributed by atoms with Gasteiger partial charge in [-0.3, -0.25) is 24.4 Å². The maximum Gasteiger partial charge on any atom is 0.287 e. The van der Waals surface area contributed by atoms with Crippen molar-refractivity contribution in [3.63, 3.8) is 0 Å². The van der Waals surface area contributed by atoms with Crippen LogP contribution in [-0.4, -0.2) is 39.8 Å². The van der Waals surface area contributed by atoms with Gasteiger partial charge in [0.1, 0.15) is 6.04 Å². The van der Waals surface area contributed by atoms with E-state index in [-0.39, 0.29) is 17.7 Å². The van der Waals surface area contributed by atoms with Crippen molar-refractivity contribution < 1.29 is 14.4 Å². The number of carbonyl (C=O) groups excluding carboxylic acids is 3. The van der Waals surface area contributed by atoms with Gasteiger partial charge in [0.05, 0.1) is 17.0 Å². The molecule has 1 atom stereocenters. The number of carbonyl (C=O) groups is 3. The lowest BCUT2D eigenvalue weighted by Crippen LogP contribution is -2.48. The quantitative estimate of drug-likeness (QED) is 0.281. The summed E-state index contributed by atoms with van der Waals surface area (Å²) in [5.74, 6) is -2.97. The van der Waals surface area contributed by atoms with Gasteiger partial charge in [-0.15, -0.1) is 0 Å². The van der Waals surface area contributed by atoms with Crippen LogP contribution in [-0.2, 0) is 20.8 Å². The first kappa shape index (κ1) is 19.4. The third kappa shape index (κ3) is 5.05. The summed E-state index contributed by atoms with van der Waals surface area (Å²) in [6.07, 6.45) is 3.72. The molecule has 9 heteroatoms. The number of nitrogens with two attached hydrogens (primary N) is 2. The van der Waals surface area contributed by atoms with Crippen molar-refractivity contribution in [2.24, 2.45) is 11.5 Å². The van der Waals surface area contributed by atoms with Crippen LogP contribution in [0.15, 0.2) is 54.4 Å². The fourth-order valence-corrected chi connectivity index (χ4v) is 2.27. The molecule has 0 spiro atoms. The van der Waals surface area contributed by atoms with Crippen LogP contribution in [0.25, 0.3) is 5.70 Å². The fraction of sp³-hybridized carbons (Fsp3) is 0.111. The minimum absolute atomic E-state index is 0.0359. The van der Waals surface area contributed by atoms with Crippen molar-refractivity contribution in [3.8, 4) is 0 Å². The van der Waals surface area contributed by atoms with Crippen LogP contribution in [0.5, 0.6) is 0 Å². The first-order valence-electron chi connectivity index (χ1n) is 7.90.